The van der Waals surface area contributed by atoms with Gasteiger partial charge in [0.2, 0.25) is 5.91 Å². The molecule has 1 saturated carbocycles. The van der Waals surface area contributed by atoms with Gasteiger partial charge in [-0.05, 0) is 43.2 Å². The monoisotopic (exact) mass is 274 g/mol. The minimum Gasteiger partial charge on any atom is -0.392 e. The number of likely N-dealkylation sites (tertiary alicyclic amines) is 1. The van der Waals surface area contributed by atoms with E-state index in [2.05, 4.69) is 31.2 Å². The zero-order chi connectivity index (χ0) is 14.3. The van der Waals surface area contributed by atoms with Crippen molar-refractivity contribution in [1.29, 1.82) is 0 Å². The van der Waals surface area contributed by atoms with Crippen molar-refractivity contribution in [2.45, 2.75) is 50.3 Å². The normalized spacial score (nSPS) is 28.5. The number of β-amino-alcohol motifs (C(OH)–C–C–N with tert-alkyl or cyclic N) is 1. The average molecular weight is 274 g/mol. The molecule has 0 radical (unpaired) electrons. The van der Waals surface area contributed by atoms with Gasteiger partial charge in [0, 0.05) is 12.6 Å². The van der Waals surface area contributed by atoms with E-state index in [0.29, 0.717) is 13.0 Å². The van der Waals surface area contributed by atoms with Gasteiger partial charge in [0.15, 0.2) is 0 Å². The first kappa shape index (κ1) is 13.6. The lowest BCUT2D eigenvalue weighted by molar-refractivity contribution is -0.122. The Morgan fingerprint density at radius 3 is 2.55 bits per heavy atom. The van der Waals surface area contributed by atoms with Crippen LogP contribution in [-0.4, -0.2) is 34.6 Å². The number of nitrogens with zero attached hydrogens (tertiary/aromatic N) is 1. The molecule has 1 amide bonds. The van der Waals surface area contributed by atoms with E-state index in [9.17, 15) is 9.90 Å². The fraction of sp³-hybridized carbons (Fsp3) is 0.562. The Bertz CT molecular complexity index is 496. The maximum absolute atomic E-state index is 11.5. The Labute approximate surface area is 119 Å². The van der Waals surface area contributed by atoms with Crippen molar-refractivity contribution in [2.75, 3.05) is 6.54 Å². The zero-order valence-corrected chi connectivity index (χ0v) is 11.8. The van der Waals surface area contributed by atoms with E-state index in [1.54, 1.807) is 0 Å². The van der Waals surface area contributed by atoms with Crippen molar-refractivity contribution in [1.82, 2.24) is 4.90 Å². The second-order valence-corrected chi connectivity index (χ2v) is 6.12. The van der Waals surface area contributed by atoms with E-state index < -0.39 is 6.10 Å². The summed E-state index contributed by atoms with van der Waals surface area (Å²) in [7, 11) is 0. The molecule has 1 heterocycles. The highest BCUT2D eigenvalue weighted by Gasteiger charge is 2.37. The summed E-state index contributed by atoms with van der Waals surface area (Å²) in [6, 6.07) is 8.40. The Kier molecular flexibility index (Phi) is 3.52. The third kappa shape index (κ3) is 2.58. The molecule has 1 aromatic rings. The quantitative estimate of drug-likeness (QED) is 0.875. The summed E-state index contributed by atoms with van der Waals surface area (Å²) in [5, 5.41) is 9.79. The van der Waals surface area contributed by atoms with Gasteiger partial charge >= 0.3 is 0 Å². The summed E-state index contributed by atoms with van der Waals surface area (Å²) < 4.78 is 0. The van der Waals surface area contributed by atoms with Crippen LogP contribution in [0.3, 0.4) is 0 Å². The molecule has 3 atom stereocenters. The van der Waals surface area contributed by atoms with E-state index in [0.717, 1.165) is 5.92 Å². The number of aliphatic hydroxyl groups excluding tert-OH is 1. The van der Waals surface area contributed by atoms with Crippen LogP contribution in [0.25, 0.3) is 0 Å². The highest BCUT2D eigenvalue weighted by Crippen LogP contribution is 2.40. The average Bonchev–Trinajstić information content (AvgIpc) is 3.20. The van der Waals surface area contributed by atoms with Gasteiger partial charge in [0.25, 0.3) is 0 Å². The molecule has 3 rings (SSSR count). The first-order chi connectivity index (χ1) is 9.56. The maximum atomic E-state index is 11.5. The van der Waals surface area contributed by atoms with Crippen LogP contribution < -0.4 is 5.73 Å². The van der Waals surface area contributed by atoms with Gasteiger partial charge in [-0.2, -0.15) is 0 Å². The lowest BCUT2D eigenvalue weighted by atomic mass is 10.0. The van der Waals surface area contributed by atoms with Crippen LogP contribution in [0.5, 0.6) is 0 Å². The zero-order valence-electron chi connectivity index (χ0n) is 11.8. The molecule has 1 aromatic carbocycles. The predicted molar refractivity (Wildman–Crippen MR) is 77.1 cm³/mol. The summed E-state index contributed by atoms with van der Waals surface area (Å²) in [5.41, 5.74) is 8.03. The number of hydrogen-bond acceptors (Lipinski definition) is 3. The summed E-state index contributed by atoms with van der Waals surface area (Å²) in [4.78, 5) is 13.5. The van der Waals surface area contributed by atoms with Crippen molar-refractivity contribution in [2.24, 2.45) is 5.73 Å². The summed E-state index contributed by atoms with van der Waals surface area (Å²) >= 11 is 0. The molecule has 2 unspecified atom stereocenters. The van der Waals surface area contributed by atoms with Crippen LogP contribution in [0.2, 0.25) is 0 Å². The minimum atomic E-state index is -0.458. The number of aliphatic hydroxyl groups is 1. The number of primary amides is 1. The molecule has 1 aliphatic carbocycles. The van der Waals surface area contributed by atoms with Gasteiger partial charge in [-0.15, -0.1) is 0 Å². The van der Waals surface area contributed by atoms with E-state index in [1.807, 2.05) is 4.90 Å². The Morgan fingerprint density at radius 1 is 1.35 bits per heavy atom. The predicted octanol–water partition coefficient (Wildman–Crippen LogP) is 1.55. The van der Waals surface area contributed by atoms with Crippen LogP contribution in [-0.2, 0) is 4.79 Å². The largest absolute Gasteiger partial charge is 0.392 e. The molecule has 0 spiro atoms. The number of amides is 1. The van der Waals surface area contributed by atoms with Gasteiger partial charge in [-0.1, -0.05) is 24.3 Å². The Balaban J connectivity index is 1.76. The van der Waals surface area contributed by atoms with Crippen LogP contribution >= 0.6 is 0 Å². The van der Waals surface area contributed by atoms with E-state index >= 15 is 0 Å². The number of carbonyl (C=O) groups excluding carboxylic acids is 1. The number of hydrogen-bond donors (Lipinski definition) is 2. The second-order valence-electron chi connectivity index (χ2n) is 6.12. The van der Waals surface area contributed by atoms with E-state index in [4.69, 9.17) is 5.73 Å². The van der Waals surface area contributed by atoms with Crippen molar-refractivity contribution in [3.8, 4) is 0 Å². The highest BCUT2D eigenvalue weighted by molar-refractivity contribution is 5.80. The molecule has 1 saturated heterocycles. The molecular weight excluding hydrogens is 252 g/mol. The van der Waals surface area contributed by atoms with Gasteiger partial charge in [0.1, 0.15) is 0 Å². The van der Waals surface area contributed by atoms with Gasteiger partial charge < -0.3 is 10.8 Å². The molecule has 4 nitrogen and oxygen atoms in total. The van der Waals surface area contributed by atoms with Gasteiger partial charge in [-0.3, -0.25) is 9.69 Å². The molecule has 108 valence electrons. The molecule has 0 bridgehead atoms. The van der Waals surface area contributed by atoms with Crippen molar-refractivity contribution < 1.29 is 9.90 Å². The lowest BCUT2D eigenvalue weighted by Gasteiger charge is -2.29. The third-order valence-electron chi connectivity index (χ3n) is 4.61. The molecule has 0 aromatic heterocycles. The van der Waals surface area contributed by atoms with Crippen molar-refractivity contribution in [3.05, 3.63) is 35.4 Å². The van der Waals surface area contributed by atoms with Crippen LogP contribution in [0, 0.1) is 0 Å². The highest BCUT2D eigenvalue weighted by atomic mass is 16.3. The Hall–Kier alpha value is -1.39. The number of nitrogens with two attached hydrogens (primary N) is 1. The molecule has 20 heavy (non-hydrogen) atoms. The second kappa shape index (κ2) is 5.19. The molecule has 3 N–H and O–H groups in total. The van der Waals surface area contributed by atoms with Crippen molar-refractivity contribution >= 4 is 5.91 Å². The minimum absolute atomic E-state index is 0.0953. The molecule has 2 fully saturated rings. The summed E-state index contributed by atoms with van der Waals surface area (Å²) in [5.74, 6) is 0.411. The topological polar surface area (TPSA) is 66.6 Å². The fourth-order valence-electron chi connectivity index (χ4n) is 3.20. The lowest BCUT2D eigenvalue weighted by Crippen LogP contribution is -2.41. The first-order valence-corrected chi connectivity index (χ1v) is 7.39. The number of carbonyl (C=O) groups is 1. The standard InChI is InChI=1S/C16H22N2O2/c1-10(18-9-14(19)8-15(18)16(17)20)11-2-4-12(5-3-11)13-6-7-13/h2-5,10,13-15,19H,6-9H2,1H3,(H2,17,20)/t10-,14?,15?/m0/s1. The van der Waals surface area contributed by atoms with Crippen LogP contribution in [0.4, 0.5) is 0 Å². The number of rotatable bonds is 4. The molecule has 2 aliphatic rings. The first-order valence-electron chi connectivity index (χ1n) is 7.39. The van der Waals surface area contributed by atoms with E-state index in [-0.39, 0.29) is 18.0 Å². The molecule has 4 heteroatoms. The summed E-state index contributed by atoms with van der Waals surface area (Å²) in [6.07, 6.45) is 2.59. The fourth-order valence-corrected chi connectivity index (χ4v) is 3.20. The van der Waals surface area contributed by atoms with Gasteiger partial charge in [-0.25, -0.2) is 0 Å². The van der Waals surface area contributed by atoms with E-state index in [1.165, 1.54) is 24.0 Å². The summed E-state index contributed by atoms with van der Waals surface area (Å²) in [6.45, 7) is 2.58. The molecular formula is C16H22N2O2. The smallest absolute Gasteiger partial charge is 0.234 e. The Morgan fingerprint density at radius 2 is 2.00 bits per heavy atom. The number of benzene rings is 1. The third-order valence-corrected chi connectivity index (χ3v) is 4.61. The SMILES string of the molecule is C[C@@H](c1ccc(C2CC2)cc1)N1CC(O)CC1C(N)=O. The molecule has 1 aliphatic heterocycles. The van der Waals surface area contributed by atoms with Crippen LogP contribution in [0.15, 0.2) is 24.3 Å². The van der Waals surface area contributed by atoms with Gasteiger partial charge in [0.05, 0.1) is 12.1 Å². The maximum Gasteiger partial charge on any atom is 0.234 e. The van der Waals surface area contributed by atoms with Crippen LogP contribution in [0.1, 0.15) is 49.3 Å². The van der Waals surface area contributed by atoms with Crippen molar-refractivity contribution in [3.63, 3.8) is 0 Å².